The van der Waals surface area contributed by atoms with Crippen molar-refractivity contribution in [3.05, 3.63) is 65.9 Å². The van der Waals surface area contributed by atoms with E-state index in [0.29, 0.717) is 28.0 Å². The molecular formula is C22H23N9O4S. The molecule has 0 fully saturated rings. The summed E-state index contributed by atoms with van der Waals surface area (Å²) in [5, 5.41) is 6.16. The minimum atomic E-state index is -3.61. The van der Waals surface area contributed by atoms with E-state index >= 15 is 0 Å². The number of sulfonamides is 1. The van der Waals surface area contributed by atoms with Crippen LogP contribution in [-0.4, -0.2) is 65.1 Å². The monoisotopic (exact) mass is 509 g/mol. The number of benzene rings is 1. The maximum Gasteiger partial charge on any atom is 0.265 e. The number of nitrogens with two attached hydrogens (primary N) is 1. The molecule has 0 spiro atoms. The molecule has 0 saturated heterocycles. The summed E-state index contributed by atoms with van der Waals surface area (Å²) < 4.78 is 26.7. The molecule has 0 saturated carbocycles. The Labute approximate surface area is 206 Å². The van der Waals surface area contributed by atoms with Crippen LogP contribution in [0.2, 0.25) is 0 Å². The molecule has 36 heavy (non-hydrogen) atoms. The first-order valence-corrected chi connectivity index (χ1v) is 12.4. The highest BCUT2D eigenvalue weighted by molar-refractivity contribution is 7.92. The Kier molecular flexibility index (Phi) is 6.53. The molecule has 3 heterocycles. The molecular weight excluding hydrogens is 486 g/mol. The number of hydrogen-bond acceptors (Lipinski definition) is 9. The Morgan fingerprint density at radius 1 is 1.11 bits per heavy atom. The number of nitrogens with zero attached hydrogens (tertiary/aromatic N) is 6. The fourth-order valence-corrected chi connectivity index (χ4v) is 3.95. The first-order valence-electron chi connectivity index (χ1n) is 10.6. The van der Waals surface area contributed by atoms with E-state index < -0.39 is 15.9 Å². The van der Waals surface area contributed by atoms with Gasteiger partial charge in [-0.05, 0) is 30.3 Å². The first kappa shape index (κ1) is 24.5. The molecule has 4 N–H and O–H groups in total. The van der Waals surface area contributed by atoms with Crippen molar-refractivity contribution in [3.8, 4) is 0 Å². The van der Waals surface area contributed by atoms with Gasteiger partial charge in [-0.1, -0.05) is 0 Å². The number of nitrogens with one attached hydrogen (secondary N) is 2. The van der Waals surface area contributed by atoms with Gasteiger partial charge >= 0.3 is 0 Å². The van der Waals surface area contributed by atoms with Crippen LogP contribution >= 0.6 is 0 Å². The highest BCUT2D eigenvalue weighted by atomic mass is 32.2. The zero-order valence-corrected chi connectivity index (χ0v) is 20.4. The standard InChI is InChI=1S/C22H23N9O4S/c1-24-21(33)13-4-6-15(7-5-13)28-22-27-11-14-10-17(18(23)32)31(19(14)29-22)12-16-20(26-9-8-25-16)30(2)36(3,34)35/h4-11H,12H2,1-3H3,(H2,23,32)(H,24,33)(H,27,28,29). The number of fused-ring (bicyclic) bond motifs is 1. The van der Waals surface area contributed by atoms with Crippen molar-refractivity contribution < 1.29 is 18.0 Å². The van der Waals surface area contributed by atoms with Gasteiger partial charge in [0.2, 0.25) is 16.0 Å². The fourth-order valence-electron chi connectivity index (χ4n) is 3.48. The van der Waals surface area contributed by atoms with E-state index in [1.165, 1.54) is 30.2 Å². The fraction of sp³-hybridized carbons (Fsp3) is 0.182. The highest BCUT2D eigenvalue weighted by Crippen LogP contribution is 2.24. The molecule has 0 atom stereocenters. The third-order valence-corrected chi connectivity index (χ3v) is 6.54. The van der Waals surface area contributed by atoms with Crippen molar-refractivity contribution in [1.82, 2.24) is 29.8 Å². The SMILES string of the molecule is CNC(=O)c1ccc(Nc2ncc3cc(C(N)=O)n(Cc4nccnc4N(C)S(C)(=O)=O)c3n2)cc1. The lowest BCUT2D eigenvalue weighted by Crippen LogP contribution is -2.28. The summed E-state index contributed by atoms with van der Waals surface area (Å²) in [5.41, 5.74) is 7.57. The summed E-state index contributed by atoms with van der Waals surface area (Å²) >= 11 is 0. The van der Waals surface area contributed by atoms with Crippen molar-refractivity contribution in [2.24, 2.45) is 5.73 Å². The van der Waals surface area contributed by atoms with Crippen molar-refractivity contribution in [1.29, 1.82) is 0 Å². The van der Waals surface area contributed by atoms with Crippen LogP contribution in [0, 0.1) is 0 Å². The molecule has 0 aliphatic heterocycles. The maximum absolute atomic E-state index is 12.2. The van der Waals surface area contributed by atoms with Crippen LogP contribution in [0.25, 0.3) is 11.0 Å². The second-order valence-corrected chi connectivity index (χ2v) is 9.80. The lowest BCUT2D eigenvalue weighted by molar-refractivity contribution is 0.0961. The number of primary amides is 1. The number of carbonyl (C=O) groups is 2. The van der Waals surface area contributed by atoms with Gasteiger partial charge in [0, 0.05) is 49.3 Å². The molecule has 2 amide bonds. The molecule has 13 nitrogen and oxygen atoms in total. The molecule has 3 aromatic heterocycles. The van der Waals surface area contributed by atoms with Crippen LogP contribution in [0.3, 0.4) is 0 Å². The second-order valence-electron chi connectivity index (χ2n) is 7.79. The Bertz CT molecular complexity index is 1570. The smallest absolute Gasteiger partial charge is 0.265 e. The summed E-state index contributed by atoms with van der Waals surface area (Å²) in [6, 6.07) is 8.27. The second kappa shape index (κ2) is 9.58. The maximum atomic E-state index is 12.2. The molecule has 0 aliphatic carbocycles. The highest BCUT2D eigenvalue weighted by Gasteiger charge is 2.22. The van der Waals surface area contributed by atoms with Gasteiger partial charge in [-0.2, -0.15) is 4.98 Å². The summed E-state index contributed by atoms with van der Waals surface area (Å²) in [6.07, 6.45) is 5.39. The molecule has 4 rings (SSSR count). The van der Waals surface area contributed by atoms with Gasteiger partial charge in [-0.3, -0.25) is 18.9 Å². The van der Waals surface area contributed by atoms with Gasteiger partial charge in [-0.25, -0.2) is 18.4 Å². The molecule has 186 valence electrons. The summed E-state index contributed by atoms with van der Waals surface area (Å²) in [4.78, 5) is 41.2. The Hall–Kier alpha value is -4.59. The summed E-state index contributed by atoms with van der Waals surface area (Å²) in [6.45, 7) is -0.0257. The van der Waals surface area contributed by atoms with E-state index in [1.54, 1.807) is 37.4 Å². The van der Waals surface area contributed by atoms with Gasteiger partial charge in [0.1, 0.15) is 17.0 Å². The van der Waals surface area contributed by atoms with E-state index in [1.807, 2.05) is 0 Å². The van der Waals surface area contributed by atoms with E-state index in [4.69, 9.17) is 5.73 Å². The van der Waals surface area contributed by atoms with Gasteiger partial charge < -0.3 is 20.9 Å². The van der Waals surface area contributed by atoms with Gasteiger partial charge in [0.05, 0.1) is 12.8 Å². The third-order valence-electron chi connectivity index (χ3n) is 5.37. The predicted molar refractivity (Wildman–Crippen MR) is 134 cm³/mol. The van der Waals surface area contributed by atoms with Crippen LogP contribution in [-0.2, 0) is 16.6 Å². The van der Waals surface area contributed by atoms with Gasteiger partial charge in [0.15, 0.2) is 5.82 Å². The molecule has 4 aromatic rings. The predicted octanol–water partition coefficient (Wildman–Crippen LogP) is 0.868. The average molecular weight is 510 g/mol. The number of aromatic nitrogens is 5. The third kappa shape index (κ3) is 4.93. The lowest BCUT2D eigenvalue weighted by Gasteiger charge is -2.18. The zero-order valence-electron chi connectivity index (χ0n) is 19.6. The molecule has 0 bridgehead atoms. The van der Waals surface area contributed by atoms with Crippen molar-refractivity contribution in [3.63, 3.8) is 0 Å². The first-order chi connectivity index (χ1) is 17.1. The van der Waals surface area contributed by atoms with Crippen LogP contribution in [0.4, 0.5) is 17.5 Å². The van der Waals surface area contributed by atoms with Crippen LogP contribution in [0.5, 0.6) is 0 Å². The summed E-state index contributed by atoms with van der Waals surface area (Å²) in [5.74, 6) is -0.561. The Morgan fingerprint density at radius 3 is 2.44 bits per heavy atom. The Balaban J connectivity index is 1.73. The number of anilines is 3. The van der Waals surface area contributed by atoms with E-state index in [9.17, 15) is 18.0 Å². The minimum absolute atomic E-state index is 0.0257. The van der Waals surface area contributed by atoms with E-state index in [0.717, 1.165) is 10.6 Å². The zero-order chi connectivity index (χ0) is 26.0. The van der Waals surface area contributed by atoms with E-state index in [-0.39, 0.29) is 29.9 Å². The van der Waals surface area contributed by atoms with Crippen LogP contribution in [0.15, 0.2) is 48.9 Å². The average Bonchev–Trinajstić information content (AvgIpc) is 3.21. The lowest BCUT2D eigenvalue weighted by atomic mass is 10.2. The number of amides is 2. The topological polar surface area (TPSA) is 178 Å². The number of hydrogen-bond donors (Lipinski definition) is 3. The molecule has 14 heteroatoms. The minimum Gasteiger partial charge on any atom is -0.364 e. The largest absolute Gasteiger partial charge is 0.364 e. The molecule has 0 radical (unpaired) electrons. The van der Waals surface area contributed by atoms with Crippen LogP contribution < -0.4 is 20.7 Å². The molecule has 0 unspecified atom stereocenters. The van der Waals surface area contributed by atoms with Crippen LogP contribution in [0.1, 0.15) is 26.5 Å². The van der Waals surface area contributed by atoms with E-state index in [2.05, 4.69) is 30.6 Å². The van der Waals surface area contributed by atoms with Crippen molar-refractivity contribution in [2.45, 2.75) is 6.54 Å². The number of carbonyl (C=O) groups excluding carboxylic acids is 2. The Morgan fingerprint density at radius 2 is 1.81 bits per heavy atom. The van der Waals surface area contributed by atoms with Gasteiger partial charge in [-0.15, -0.1) is 0 Å². The van der Waals surface area contributed by atoms with Crippen molar-refractivity contribution >= 4 is 50.3 Å². The molecule has 0 aliphatic rings. The quantitative estimate of drug-likeness (QED) is 0.311. The summed E-state index contributed by atoms with van der Waals surface area (Å²) in [7, 11) is -0.690. The number of rotatable bonds is 8. The normalized spacial score (nSPS) is 11.3. The van der Waals surface area contributed by atoms with Gasteiger partial charge in [0.25, 0.3) is 11.8 Å². The van der Waals surface area contributed by atoms with Crippen molar-refractivity contribution in [2.75, 3.05) is 30.0 Å². The molecule has 1 aromatic carbocycles.